The summed E-state index contributed by atoms with van der Waals surface area (Å²) in [5, 5.41) is 4.33. The average molecular weight is 246 g/mol. The zero-order valence-electron chi connectivity index (χ0n) is 8.34. The van der Waals surface area contributed by atoms with Gasteiger partial charge in [0.25, 0.3) is 0 Å². The van der Waals surface area contributed by atoms with Gasteiger partial charge in [-0.05, 0) is 41.7 Å². The number of rotatable bonds is 3. The van der Waals surface area contributed by atoms with Crippen molar-refractivity contribution in [1.82, 2.24) is 9.78 Å². The summed E-state index contributed by atoms with van der Waals surface area (Å²) >= 11 is 3.53. The molecule has 0 aliphatic carbocycles. The zero-order valence-corrected chi connectivity index (χ0v) is 9.93. The Morgan fingerprint density at radius 2 is 2.23 bits per heavy atom. The number of halogens is 1. The van der Waals surface area contributed by atoms with Crippen molar-refractivity contribution in [3.05, 3.63) is 15.9 Å². The first-order valence-corrected chi connectivity index (χ1v) is 5.23. The Labute approximate surface area is 87.4 Å². The van der Waals surface area contributed by atoms with Crippen LogP contribution in [-0.2, 0) is 13.5 Å². The molecule has 0 spiro atoms. The van der Waals surface area contributed by atoms with E-state index in [-0.39, 0.29) is 0 Å². The Morgan fingerprint density at radius 3 is 2.62 bits per heavy atom. The topological polar surface area (TPSA) is 43.8 Å². The van der Waals surface area contributed by atoms with Crippen molar-refractivity contribution >= 4 is 15.9 Å². The quantitative estimate of drug-likeness (QED) is 0.880. The second-order valence-corrected chi connectivity index (χ2v) is 4.31. The normalized spacial score (nSPS) is 13.3. The third-order valence-corrected chi connectivity index (χ3v) is 3.24. The van der Waals surface area contributed by atoms with Crippen molar-refractivity contribution in [1.29, 1.82) is 0 Å². The van der Waals surface area contributed by atoms with E-state index >= 15 is 0 Å². The van der Waals surface area contributed by atoms with E-state index in [9.17, 15) is 0 Å². The summed E-state index contributed by atoms with van der Waals surface area (Å²) in [4.78, 5) is 0. The van der Waals surface area contributed by atoms with Gasteiger partial charge in [0.2, 0.25) is 0 Å². The molecule has 1 heterocycles. The molecule has 0 bridgehead atoms. The van der Waals surface area contributed by atoms with Crippen molar-refractivity contribution in [2.45, 2.75) is 20.3 Å². The van der Waals surface area contributed by atoms with Gasteiger partial charge in [-0.3, -0.25) is 4.68 Å². The molecule has 4 heteroatoms. The van der Waals surface area contributed by atoms with E-state index < -0.39 is 0 Å². The lowest BCUT2D eigenvalue weighted by atomic mass is 10.1. The first-order chi connectivity index (χ1) is 6.06. The van der Waals surface area contributed by atoms with E-state index in [2.05, 4.69) is 28.0 Å². The summed E-state index contributed by atoms with van der Waals surface area (Å²) in [6.07, 6.45) is 0.981. The largest absolute Gasteiger partial charge is 0.330 e. The van der Waals surface area contributed by atoms with Gasteiger partial charge in [0.05, 0.1) is 15.9 Å². The van der Waals surface area contributed by atoms with E-state index in [0.29, 0.717) is 5.92 Å². The van der Waals surface area contributed by atoms with Gasteiger partial charge in [0.15, 0.2) is 0 Å². The fourth-order valence-corrected chi connectivity index (χ4v) is 1.81. The minimum absolute atomic E-state index is 0.506. The lowest BCUT2D eigenvalue weighted by molar-refractivity contribution is 0.557. The summed E-state index contributed by atoms with van der Waals surface area (Å²) in [6, 6.07) is 0. The molecule has 0 saturated carbocycles. The highest BCUT2D eigenvalue weighted by Gasteiger charge is 2.12. The van der Waals surface area contributed by atoms with Crippen LogP contribution in [0, 0.1) is 12.8 Å². The molecular formula is C9H16BrN3. The van der Waals surface area contributed by atoms with Gasteiger partial charge in [0.1, 0.15) is 0 Å². The Balaban J connectivity index is 2.87. The lowest BCUT2D eigenvalue weighted by Crippen LogP contribution is -2.15. The summed E-state index contributed by atoms with van der Waals surface area (Å²) in [5.74, 6) is 0.506. The van der Waals surface area contributed by atoms with Crippen LogP contribution < -0.4 is 5.73 Å². The SMILES string of the molecule is Cc1nn(C)c(CC(C)CN)c1Br. The van der Waals surface area contributed by atoms with Crippen LogP contribution in [0.4, 0.5) is 0 Å². The molecule has 2 N–H and O–H groups in total. The summed E-state index contributed by atoms with van der Waals surface area (Å²) in [5.41, 5.74) is 7.86. The highest BCUT2D eigenvalue weighted by Crippen LogP contribution is 2.22. The van der Waals surface area contributed by atoms with Gasteiger partial charge < -0.3 is 5.73 Å². The Morgan fingerprint density at radius 1 is 1.62 bits per heavy atom. The lowest BCUT2D eigenvalue weighted by Gasteiger charge is -2.08. The van der Waals surface area contributed by atoms with Crippen LogP contribution in [0.1, 0.15) is 18.3 Å². The second-order valence-electron chi connectivity index (χ2n) is 3.51. The second kappa shape index (κ2) is 4.24. The molecule has 1 unspecified atom stereocenters. The zero-order chi connectivity index (χ0) is 10.0. The van der Waals surface area contributed by atoms with Crippen LogP contribution in [0.2, 0.25) is 0 Å². The summed E-state index contributed by atoms with van der Waals surface area (Å²) < 4.78 is 3.04. The molecular weight excluding hydrogens is 230 g/mol. The van der Waals surface area contributed by atoms with Crippen LogP contribution in [0.5, 0.6) is 0 Å². The van der Waals surface area contributed by atoms with Gasteiger partial charge in [-0.2, -0.15) is 5.10 Å². The monoisotopic (exact) mass is 245 g/mol. The Hall–Kier alpha value is -0.350. The molecule has 0 radical (unpaired) electrons. The molecule has 1 atom stereocenters. The molecule has 13 heavy (non-hydrogen) atoms. The minimum atomic E-state index is 0.506. The van der Waals surface area contributed by atoms with Crippen molar-refractivity contribution in [2.75, 3.05) is 6.54 Å². The number of aryl methyl sites for hydroxylation is 2. The van der Waals surface area contributed by atoms with Crippen LogP contribution in [0.25, 0.3) is 0 Å². The van der Waals surface area contributed by atoms with E-state index in [0.717, 1.165) is 23.1 Å². The smallest absolute Gasteiger partial charge is 0.0738 e. The molecule has 1 rings (SSSR count). The van der Waals surface area contributed by atoms with Crippen molar-refractivity contribution < 1.29 is 0 Å². The highest BCUT2D eigenvalue weighted by molar-refractivity contribution is 9.10. The van der Waals surface area contributed by atoms with Crippen LogP contribution in [0.3, 0.4) is 0 Å². The summed E-state index contributed by atoms with van der Waals surface area (Å²) in [6.45, 7) is 4.87. The molecule has 0 amide bonds. The maximum absolute atomic E-state index is 5.58. The summed E-state index contributed by atoms with van der Waals surface area (Å²) in [7, 11) is 1.97. The number of nitrogens with two attached hydrogens (primary N) is 1. The number of aromatic nitrogens is 2. The third kappa shape index (κ3) is 2.31. The van der Waals surface area contributed by atoms with E-state index in [1.165, 1.54) is 5.69 Å². The molecule has 74 valence electrons. The third-order valence-electron chi connectivity index (χ3n) is 2.21. The van der Waals surface area contributed by atoms with Gasteiger partial charge in [-0.1, -0.05) is 6.92 Å². The fourth-order valence-electron chi connectivity index (χ4n) is 1.32. The Bertz CT molecular complexity index is 293. The van der Waals surface area contributed by atoms with Gasteiger partial charge >= 0.3 is 0 Å². The molecule has 0 aliphatic heterocycles. The molecule has 0 saturated heterocycles. The maximum atomic E-state index is 5.58. The van der Waals surface area contributed by atoms with Gasteiger partial charge in [0, 0.05) is 7.05 Å². The van der Waals surface area contributed by atoms with Crippen LogP contribution >= 0.6 is 15.9 Å². The molecule has 1 aromatic heterocycles. The number of hydrogen-bond acceptors (Lipinski definition) is 2. The minimum Gasteiger partial charge on any atom is -0.330 e. The number of hydrogen-bond donors (Lipinski definition) is 1. The van der Waals surface area contributed by atoms with Crippen LogP contribution in [0.15, 0.2) is 4.47 Å². The molecule has 0 fully saturated rings. The highest BCUT2D eigenvalue weighted by atomic mass is 79.9. The predicted octanol–water partition coefficient (Wildman–Crippen LogP) is 1.63. The Kier molecular flexibility index (Phi) is 3.50. The first kappa shape index (κ1) is 10.7. The average Bonchev–Trinajstić information content (AvgIpc) is 2.32. The maximum Gasteiger partial charge on any atom is 0.0738 e. The standard InChI is InChI=1S/C9H16BrN3/c1-6(5-11)4-8-9(10)7(2)12-13(8)3/h6H,4-5,11H2,1-3H3. The van der Waals surface area contributed by atoms with Crippen molar-refractivity contribution in [3.8, 4) is 0 Å². The van der Waals surface area contributed by atoms with Crippen LogP contribution in [-0.4, -0.2) is 16.3 Å². The van der Waals surface area contributed by atoms with Crippen molar-refractivity contribution in [3.63, 3.8) is 0 Å². The molecule has 0 aliphatic rings. The fraction of sp³-hybridized carbons (Fsp3) is 0.667. The first-order valence-electron chi connectivity index (χ1n) is 4.44. The van der Waals surface area contributed by atoms with E-state index in [1.54, 1.807) is 0 Å². The molecule has 1 aromatic rings. The van der Waals surface area contributed by atoms with E-state index in [4.69, 9.17) is 5.73 Å². The van der Waals surface area contributed by atoms with Crippen molar-refractivity contribution in [2.24, 2.45) is 18.7 Å². The van der Waals surface area contributed by atoms with E-state index in [1.807, 2.05) is 18.7 Å². The predicted molar refractivity (Wildman–Crippen MR) is 57.6 cm³/mol. The number of nitrogens with zero attached hydrogens (tertiary/aromatic N) is 2. The molecule has 3 nitrogen and oxygen atoms in total. The van der Waals surface area contributed by atoms with Gasteiger partial charge in [-0.25, -0.2) is 0 Å². The van der Waals surface area contributed by atoms with Gasteiger partial charge in [-0.15, -0.1) is 0 Å². The molecule has 0 aromatic carbocycles.